The first-order valence-corrected chi connectivity index (χ1v) is 8.33. The van der Waals surface area contributed by atoms with E-state index in [1.807, 2.05) is 42.2 Å². The van der Waals surface area contributed by atoms with Gasteiger partial charge in [0.2, 0.25) is 5.91 Å². The summed E-state index contributed by atoms with van der Waals surface area (Å²) in [5.41, 5.74) is 2.06. The van der Waals surface area contributed by atoms with Crippen LogP contribution in [0.4, 0.5) is 0 Å². The molecule has 0 bridgehead atoms. The van der Waals surface area contributed by atoms with Crippen molar-refractivity contribution in [3.8, 4) is 11.3 Å². The number of aromatic nitrogens is 2. The standard InChI is InChI=1S/C16H19N3O2S/c1-12-10-19(7-8-21-12)15(20)11-22-16-17-9-14(18-16)13-5-3-2-4-6-13/h2-6,9,12H,7-8,10-11H2,1H3,(H,17,18). The Morgan fingerprint density at radius 3 is 3.05 bits per heavy atom. The zero-order valence-corrected chi connectivity index (χ0v) is 13.3. The number of hydrogen-bond donors (Lipinski definition) is 1. The van der Waals surface area contributed by atoms with Crippen molar-refractivity contribution >= 4 is 17.7 Å². The SMILES string of the molecule is CC1CN(C(=O)CSc2ncc(-c3ccccc3)[nH]2)CCO1. The Morgan fingerprint density at radius 1 is 1.45 bits per heavy atom. The molecule has 0 saturated carbocycles. The minimum Gasteiger partial charge on any atom is -0.375 e. The molecule has 1 aromatic carbocycles. The Balaban J connectivity index is 1.56. The van der Waals surface area contributed by atoms with Gasteiger partial charge in [0.25, 0.3) is 0 Å². The number of aromatic amines is 1. The normalized spacial score (nSPS) is 18.4. The van der Waals surface area contributed by atoms with Crippen LogP contribution >= 0.6 is 11.8 Å². The van der Waals surface area contributed by atoms with Gasteiger partial charge in [0.1, 0.15) is 0 Å². The Kier molecular flexibility index (Phi) is 4.80. The molecule has 1 aromatic heterocycles. The molecule has 2 heterocycles. The maximum Gasteiger partial charge on any atom is 0.233 e. The molecule has 0 spiro atoms. The molecular formula is C16H19N3O2S. The molecule has 1 N–H and O–H groups in total. The van der Waals surface area contributed by atoms with Gasteiger partial charge in [-0.2, -0.15) is 0 Å². The van der Waals surface area contributed by atoms with Gasteiger partial charge in [-0.15, -0.1) is 0 Å². The number of thioether (sulfide) groups is 1. The van der Waals surface area contributed by atoms with E-state index in [1.165, 1.54) is 11.8 Å². The molecule has 1 atom stereocenters. The highest BCUT2D eigenvalue weighted by molar-refractivity contribution is 7.99. The highest BCUT2D eigenvalue weighted by Crippen LogP contribution is 2.21. The van der Waals surface area contributed by atoms with Crippen LogP contribution < -0.4 is 0 Å². The highest BCUT2D eigenvalue weighted by atomic mass is 32.2. The monoisotopic (exact) mass is 317 g/mol. The van der Waals surface area contributed by atoms with Gasteiger partial charge in [0.15, 0.2) is 5.16 Å². The summed E-state index contributed by atoms with van der Waals surface area (Å²) < 4.78 is 5.45. The summed E-state index contributed by atoms with van der Waals surface area (Å²) in [6, 6.07) is 10.0. The molecule has 6 heteroatoms. The number of rotatable bonds is 4. The third kappa shape index (κ3) is 3.69. The minimum absolute atomic E-state index is 0.121. The van der Waals surface area contributed by atoms with E-state index in [4.69, 9.17) is 4.74 Å². The number of carbonyl (C=O) groups is 1. The predicted molar refractivity (Wildman–Crippen MR) is 86.7 cm³/mol. The number of amides is 1. The Morgan fingerprint density at radius 2 is 2.27 bits per heavy atom. The van der Waals surface area contributed by atoms with Crippen molar-refractivity contribution in [1.29, 1.82) is 0 Å². The van der Waals surface area contributed by atoms with E-state index in [-0.39, 0.29) is 12.0 Å². The molecule has 3 rings (SSSR count). The van der Waals surface area contributed by atoms with Gasteiger partial charge in [0, 0.05) is 13.1 Å². The van der Waals surface area contributed by atoms with Gasteiger partial charge >= 0.3 is 0 Å². The van der Waals surface area contributed by atoms with Gasteiger partial charge < -0.3 is 14.6 Å². The Labute approximate surface area is 134 Å². The Hall–Kier alpha value is -1.79. The molecular weight excluding hydrogens is 298 g/mol. The summed E-state index contributed by atoms with van der Waals surface area (Å²) in [6.07, 6.45) is 1.93. The van der Waals surface area contributed by atoms with Crippen LogP contribution in [-0.4, -0.2) is 52.3 Å². The first-order chi connectivity index (χ1) is 10.7. The number of nitrogens with zero attached hydrogens (tertiary/aromatic N) is 2. The summed E-state index contributed by atoms with van der Waals surface area (Å²) in [5.74, 6) is 0.534. The van der Waals surface area contributed by atoms with E-state index in [9.17, 15) is 4.79 Å². The fraction of sp³-hybridized carbons (Fsp3) is 0.375. The van der Waals surface area contributed by atoms with Gasteiger partial charge in [-0.1, -0.05) is 42.1 Å². The van der Waals surface area contributed by atoms with E-state index in [2.05, 4.69) is 9.97 Å². The zero-order chi connectivity index (χ0) is 15.4. The summed E-state index contributed by atoms with van der Waals surface area (Å²) >= 11 is 1.44. The van der Waals surface area contributed by atoms with Crippen LogP contribution in [-0.2, 0) is 9.53 Å². The molecule has 0 aliphatic carbocycles. The van der Waals surface area contributed by atoms with Gasteiger partial charge in [-0.3, -0.25) is 4.79 Å². The molecule has 22 heavy (non-hydrogen) atoms. The van der Waals surface area contributed by atoms with Crippen molar-refractivity contribution in [3.63, 3.8) is 0 Å². The summed E-state index contributed by atoms with van der Waals surface area (Å²) in [5, 5.41) is 0.772. The number of benzene rings is 1. The highest BCUT2D eigenvalue weighted by Gasteiger charge is 2.21. The zero-order valence-electron chi connectivity index (χ0n) is 12.5. The van der Waals surface area contributed by atoms with E-state index >= 15 is 0 Å². The van der Waals surface area contributed by atoms with Crippen molar-refractivity contribution in [3.05, 3.63) is 36.5 Å². The Bertz CT molecular complexity index is 629. The van der Waals surface area contributed by atoms with E-state index < -0.39 is 0 Å². The fourth-order valence-corrected chi connectivity index (χ4v) is 3.16. The molecule has 1 aliphatic heterocycles. The average Bonchev–Trinajstić information content (AvgIpc) is 3.02. The lowest BCUT2D eigenvalue weighted by Crippen LogP contribution is -2.45. The van der Waals surface area contributed by atoms with Gasteiger partial charge in [0.05, 0.1) is 30.4 Å². The molecule has 1 saturated heterocycles. The quantitative estimate of drug-likeness (QED) is 0.880. The van der Waals surface area contributed by atoms with E-state index in [0.717, 1.165) is 16.4 Å². The summed E-state index contributed by atoms with van der Waals surface area (Å²) in [7, 11) is 0. The van der Waals surface area contributed by atoms with E-state index in [1.54, 1.807) is 6.20 Å². The molecule has 2 aromatic rings. The predicted octanol–water partition coefficient (Wildman–Crippen LogP) is 2.42. The number of hydrogen-bond acceptors (Lipinski definition) is 4. The van der Waals surface area contributed by atoms with Gasteiger partial charge in [-0.25, -0.2) is 4.98 Å². The van der Waals surface area contributed by atoms with Crippen LogP contribution in [0.15, 0.2) is 41.7 Å². The number of ether oxygens (including phenoxy) is 1. The minimum atomic E-state index is 0.121. The second kappa shape index (κ2) is 6.98. The van der Waals surface area contributed by atoms with E-state index in [0.29, 0.717) is 25.4 Å². The topological polar surface area (TPSA) is 58.2 Å². The lowest BCUT2D eigenvalue weighted by molar-refractivity contribution is -0.135. The van der Waals surface area contributed by atoms with Crippen LogP contribution in [0.5, 0.6) is 0 Å². The van der Waals surface area contributed by atoms with Crippen LogP contribution in [0.1, 0.15) is 6.92 Å². The van der Waals surface area contributed by atoms with Crippen LogP contribution in [0, 0.1) is 0 Å². The number of H-pyrrole nitrogens is 1. The van der Waals surface area contributed by atoms with Crippen LogP contribution in [0.3, 0.4) is 0 Å². The third-order valence-corrected chi connectivity index (χ3v) is 4.44. The second-order valence-electron chi connectivity index (χ2n) is 5.28. The maximum atomic E-state index is 12.2. The molecule has 0 radical (unpaired) electrons. The second-order valence-corrected chi connectivity index (χ2v) is 6.24. The van der Waals surface area contributed by atoms with Gasteiger partial charge in [-0.05, 0) is 12.5 Å². The number of carbonyl (C=O) groups excluding carboxylic acids is 1. The lowest BCUT2D eigenvalue weighted by Gasteiger charge is -2.31. The number of nitrogens with one attached hydrogen (secondary N) is 1. The first-order valence-electron chi connectivity index (χ1n) is 7.35. The molecule has 5 nitrogen and oxygen atoms in total. The number of imidazole rings is 1. The van der Waals surface area contributed by atoms with Crippen molar-refractivity contribution in [2.45, 2.75) is 18.2 Å². The lowest BCUT2D eigenvalue weighted by atomic mass is 10.2. The molecule has 1 fully saturated rings. The van der Waals surface area contributed by atoms with Crippen LogP contribution in [0.2, 0.25) is 0 Å². The number of morpholine rings is 1. The molecule has 116 valence electrons. The fourth-order valence-electron chi connectivity index (χ4n) is 2.41. The van der Waals surface area contributed by atoms with Crippen molar-refractivity contribution in [1.82, 2.24) is 14.9 Å². The summed E-state index contributed by atoms with van der Waals surface area (Å²) in [6.45, 7) is 3.96. The van der Waals surface area contributed by atoms with Crippen molar-refractivity contribution in [2.75, 3.05) is 25.4 Å². The molecule has 1 aliphatic rings. The first kappa shape index (κ1) is 15.1. The average molecular weight is 317 g/mol. The van der Waals surface area contributed by atoms with Crippen molar-refractivity contribution in [2.24, 2.45) is 0 Å². The van der Waals surface area contributed by atoms with Crippen molar-refractivity contribution < 1.29 is 9.53 Å². The largest absolute Gasteiger partial charge is 0.375 e. The maximum absolute atomic E-state index is 12.2. The van der Waals surface area contributed by atoms with Crippen LogP contribution in [0.25, 0.3) is 11.3 Å². The summed E-state index contributed by atoms with van der Waals surface area (Å²) in [4.78, 5) is 21.7. The third-order valence-electron chi connectivity index (χ3n) is 3.56. The molecule has 1 unspecified atom stereocenters. The molecule has 1 amide bonds. The smallest absolute Gasteiger partial charge is 0.233 e.